The van der Waals surface area contributed by atoms with Gasteiger partial charge in [-0.1, -0.05) is 23.4 Å². The van der Waals surface area contributed by atoms with Crippen molar-refractivity contribution in [2.45, 2.75) is 26.0 Å². The van der Waals surface area contributed by atoms with Gasteiger partial charge in [0, 0.05) is 35.2 Å². The molecule has 5 aromatic rings. The van der Waals surface area contributed by atoms with E-state index in [1.165, 1.54) is 6.20 Å². The molecule has 0 radical (unpaired) electrons. The lowest BCUT2D eigenvalue weighted by Gasteiger charge is -2.20. The molecule has 1 aliphatic carbocycles. The van der Waals surface area contributed by atoms with Gasteiger partial charge in [0.25, 0.3) is 5.91 Å². The van der Waals surface area contributed by atoms with Crippen LogP contribution in [-0.4, -0.2) is 42.1 Å². The van der Waals surface area contributed by atoms with Crippen molar-refractivity contribution < 1.29 is 14.1 Å². The summed E-state index contributed by atoms with van der Waals surface area (Å²) in [6.07, 6.45) is 4.56. The van der Waals surface area contributed by atoms with E-state index in [1.807, 2.05) is 31.2 Å². The first-order valence-electron chi connectivity index (χ1n) is 10.6. The van der Waals surface area contributed by atoms with Crippen LogP contribution in [0.5, 0.6) is 5.88 Å². The van der Waals surface area contributed by atoms with Crippen LogP contribution in [0.1, 0.15) is 29.0 Å². The minimum Gasteiger partial charge on any atom is -0.452 e. The van der Waals surface area contributed by atoms with Crippen molar-refractivity contribution in [1.82, 2.24) is 35.3 Å². The molecule has 0 aliphatic heterocycles. The maximum Gasteiger partial charge on any atom is 0.255 e. The Kier molecular flexibility index (Phi) is 4.49. The van der Waals surface area contributed by atoms with E-state index in [0.29, 0.717) is 34.4 Å². The molecule has 33 heavy (non-hydrogen) atoms. The lowest BCUT2D eigenvalue weighted by molar-refractivity contribution is 0.0782. The molecule has 6 rings (SSSR count). The lowest BCUT2D eigenvalue weighted by Crippen LogP contribution is -2.41. The molecule has 10 nitrogen and oxygen atoms in total. The predicted octanol–water partition coefficient (Wildman–Crippen LogP) is 3.18. The van der Waals surface area contributed by atoms with Gasteiger partial charge in [0.05, 0.1) is 5.56 Å². The van der Waals surface area contributed by atoms with E-state index < -0.39 is 6.23 Å². The number of pyridine rings is 1. The maximum atomic E-state index is 12.8. The highest BCUT2D eigenvalue weighted by molar-refractivity contribution is 5.97. The Bertz CT molecular complexity index is 1470. The van der Waals surface area contributed by atoms with Crippen LogP contribution in [0.2, 0.25) is 0 Å². The molecular weight excluding hydrogens is 422 g/mol. The zero-order chi connectivity index (χ0) is 22.4. The third-order valence-electron chi connectivity index (χ3n) is 5.57. The number of rotatable bonds is 6. The minimum atomic E-state index is -0.528. The van der Waals surface area contributed by atoms with E-state index in [-0.39, 0.29) is 11.8 Å². The predicted molar refractivity (Wildman–Crippen MR) is 117 cm³/mol. The second-order valence-corrected chi connectivity index (χ2v) is 8.02. The fraction of sp³-hybridized carbons (Fsp3) is 0.217. The molecule has 0 bridgehead atoms. The summed E-state index contributed by atoms with van der Waals surface area (Å²) >= 11 is 0. The van der Waals surface area contributed by atoms with Gasteiger partial charge in [-0.25, -0.2) is 0 Å². The summed E-state index contributed by atoms with van der Waals surface area (Å²) in [5, 5.41) is 22.0. The molecule has 1 amide bonds. The van der Waals surface area contributed by atoms with Crippen molar-refractivity contribution in [1.29, 1.82) is 0 Å². The van der Waals surface area contributed by atoms with E-state index in [2.05, 4.69) is 25.7 Å². The number of aryl methyl sites for hydroxylation is 1. The summed E-state index contributed by atoms with van der Waals surface area (Å²) in [6, 6.07) is 12.9. The monoisotopic (exact) mass is 441 g/mol. The Morgan fingerprint density at radius 3 is 2.76 bits per heavy atom. The average molecular weight is 441 g/mol. The van der Waals surface area contributed by atoms with Gasteiger partial charge in [0.2, 0.25) is 11.7 Å². The number of nitrogens with one attached hydrogen (secondary N) is 1. The molecular formula is C23H19N7O3. The Morgan fingerprint density at radius 2 is 2.03 bits per heavy atom. The zero-order valence-electron chi connectivity index (χ0n) is 17.7. The van der Waals surface area contributed by atoms with Gasteiger partial charge in [-0.15, -0.1) is 15.3 Å². The Morgan fingerprint density at radius 1 is 1.18 bits per heavy atom. The van der Waals surface area contributed by atoms with Gasteiger partial charge < -0.3 is 14.6 Å². The standard InChI is InChI=1S/C23H19N7O3/c1-13-11-18(29-33-13)20-27-26-19-16-6-2-3-7-17(16)23(28-30(19)20)32-22(14-8-9-14)25-21(31)15-5-4-10-24-12-15/h2-7,10-12,14,22H,8-9H2,1H3,(H,25,31). The maximum absolute atomic E-state index is 12.8. The molecule has 4 aromatic heterocycles. The first kappa shape index (κ1) is 19.4. The highest BCUT2D eigenvalue weighted by Gasteiger charge is 2.35. The molecule has 1 N–H and O–H groups in total. The molecule has 1 saturated carbocycles. The Labute approximate surface area is 187 Å². The first-order chi connectivity index (χ1) is 16.2. The van der Waals surface area contributed by atoms with E-state index in [0.717, 1.165) is 23.6 Å². The molecule has 4 heterocycles. The highest BCUT2D eigenvalue weighted by Crippen LogP contribution is 2.36. The average Bonchev–Trinajstić information content (AvgIpc) is 3.47. The molecule has 164 valence electrons. The van der Waals surface area contributed by atoms with Gasteiger partial charge in [0.15, 0.2) is 17.6 Å². The zero-order valence-corrected chi connectivity index (χ0v) is 17.7. The Hall–Kier alpha value is -4.34. The van der Waals surface area contributed by atoms with Crippen LogP contribution in [0.15, 0.2) is 59.4 Å². The number of aromatic nitrogens is 6. The van der Waals surface area contributed by atoms with Crippen LogP contribution in [0.25, 0.3) is 27.9 Å². The van der Waals surface area contributed by atoms with Crippen LogP contribution >= 0.6 is 0 Å². The van der Waals surface area contributed by atoms with Gasteiger partial charge in [-0.05, 0) is 38.0 Å². The van der Waals surface area contributed by atoms with E-state index in [9.17, 15) is 4.79 Å². The Balaban J connectivity index is 1.41. The second kappa shape index (κ2) is 7.66. The summed E-state index contributed by atoms with van der Waals surface area (Å²) in [7, 11) is 0. The number of carbonyl (C=O) groups is 1. The number of amides is 1. The summed E-state index contributed by atoms with van der Waals surface area (Å²) in [5.41, 5.74) is 1.58. The number of fused-ring (bicyclic) bond motifs is 3. The fourth-order valence-electron chi connectivity index (χ4n) is 3.74. The van der Waals surface area contributed by atoms with Gasteiger partial charge in [0.1, 0.15) is 5.76 Å². The molecule has 0 spiro atoms. The van der Waals surface area contributed by atoms with Crippen LogP contribution in [-0.2, 0) is 0 Å². The van der Waals surface area contributed by atoms with Crippen LogP contribution in [0, 0.1) is 12.8 Å². The van der Waals surface area contributed by atoms with Gasteiger partial charge in [-0.2, -0.15) is 4.52 Å². The van der Waals surface area contributed by atoms with Gasteiger partial charge >= 0.3 is 0 Å². The summed E-state index contributed by atoms with van der Waals surface area (Å²) in [5.74, 6) is 1.45. The third kappa shape index (κ3) is 3.55. The number of hydrogen-bond donors (Lipinski definition) is 1. The van der Waals surface area contributed by atoms with Crippen molar-refractivity contribution >= 4 is 22.3 Å². The molecule has 1 atom stereocenters. The van der Waals surface area contributed by atoms with Crippen molar-refractivity contribution in [3.8, 4) is 17.4 Å². The molecule has 10 heteroatoms. The molecule has 1 aliphatic rings. The molecule has 1 unspecified atom stereocenters. The van der Waals surface area contributed by atoms with E-state index in [1.54, 1.807) is 28.9 Å². The number of hydrogen-bond acceptors (Lipinski definition) is 8. The topological polar surface area (TPSA) is 120 Å². The molecule has 0 saturated heterocycles. The largest absolute Gasteiger partial charge is 0.452 e. The second-order valence-electron chi connectivity index (χ2n) is 8.02. The smallest absolute Gasteiger partial charge is 0.255 e. The quantitative estimate of drug-likeness (QED) is 0.399. The molecule has 1 fully saturated rings. The summed E-state index contributed by atoms with van der Waals surface area (Å²) in [4.78, 5) is 16.8. The third-order valence-corrected chi connectivity index (χ3v) is 5.57. The number of benzene rings is 1. The fourth-order valence-corrected chi connectivity index (χ4v) is 3.74. The first-order valence-corrected chi connectivity index (χ1v) is 10.6. The minimum absolute atomic E-state index is 0.209. The summed E-state index contributed by atoms with van der Waals surface area (Å²) < 4.78 is 13.1. The van der Waals surface area contributed by atoms with Crippen molar-refractivity contribution in [3.63, 3.8) is 0 Å². The number of nitrogens with zero attached hydrogens (tertiary/aromatic N) is 6. The lowest BCUT2D eigenvalue weighted by atomic mass is 10.2. The van der Waals surface area contributed by atoms with Crippen molar-refractivity contribution in [2.75, 3.05) is 0 Å². The van der Waals surface area contributed by atoms with Crippen LogP contribution in [0.4, 0.5) is 0 Å². The summed E-state index contributed by atoms with van der Waals surface area (Å²) in [6.45, 7) is 1.81. The van der Waals surface area contributed by atoms with Crippen LogP contribution in [0.3, 0.4) is 0 Å². The van der Waals surface area contributed by atoms with E-state index in [4.69, 9.17) is 14.4 Å². The normalized spacial score (nSPS) is 14.5. The van der Waals surface area contributed by atoms with Crippen molar-refractivity contribution in [2.24, 2.45) is 5.92 Å². The highest BCUT2D eigenvalue weighted by atomic mass is 16.5. The number of ether oxygens (including phenoxy) is 1. The SMILES string of the molecule is Cc1cc(-c2nnc3c4ccccc4c(OC(NC(=O)c4cccnc4)C4CC4)nn23)no1. The number of carbonyl (C=O) groups excluding carboxylic acids is 1. The van der Waals surface area contributed by atoms with Crippen molar-refractivity contribution in [3.05, 3.63) is 66.2 Å². The van der Waals surface area contributed by atoms with Gasteiger partial charge in [-0.3, -0.25) is 9.78 Å². The molecule has 1 aromatic carbocycles. The van der Waals surface area contributed by atoms with E-state index >= 15 is 0 Å². The van der Waals surface area contributed by atoms with Crippen LogP contribution < -0.4 is 10.1 Å².